The number of rotatable bonds is 7. The molecule has 0 aliphatic carbocycles. The summed E-state index contributed by atoms with van der Waals surface area (Å²) in [6, 6.07) is 1.67. The van der Waals surface area contributed by atoms with E-state index in [1.54, 1.807) is 11.4 Å². The van der Waals surface area contributed by atoms with E-state index in [9.17, 15) is 9.59 Å². The molecule has 2 heterocycles. The second-order valence-corrected chi connectivity index (χ2v) is 5.47. The standard InChI is InChI=1S/C12H15N5O3S/c1-8(3-2-4-10(18)19)14-12(20)11-9(5-6-21-11)17-7-13-15-16-17/h5-8H,2-4H2,1H3,(H,14,20)(H,18,19). The van der Waals surface area contributed by atoms with Crippen molar-refractivity contribution >= 4 is 23.2 Å². The van der Waals surface area contributed by atoms with Gasteiger partial charge in [0.25, 0.3) is 5.91 Å². The van der Waals surface area contributed by atoms with Crippen LogP contribution in [-0.4, -0.2) is 43.2 Å². The maximum absolute atomic E-state index is 12.2. The molecule has 1 amide bonds. The number of carbonyl (C=O) groups excluding carboxylic acids is 1. The molecule has 0 bridgehead atoms. The number of thiophene rings is 1. The quantitative estimate of drug-likeness (QED) is 0.792. The lowest BCUT2D eigenvalue weighted by Crippen LogP contribution is -2.32. The molecule has 2 rings (SSSR count). The molecule has 8 nitrogen and oxygen atoms in total. The second-order valence-electron chi connectivity index (χ2n) is 4.55. The molecular weight excluding hydrogens is 294 g/mol. The SMILES string of the molecule is CC(CCCC(=O)O)NC(=O)c1sccc1-n1cnnn1. The van der Waals surface area contributed by atoms with E-state index in [2.05, 4.69) is 20.8 Å². The van der Waals surface area contributed by atoms with Gasteiger partial charge < -0.3 is 10.4 Å². The molecule has 0 aliphatic heterocycles. The highest BCUT2D eigenvalue weighted by Crippen LogP contribution is 2.20. The van der Waals surface area contributed by atoms with Crippen molar-refractivity contribution in [1.82, 2.24) is 25.5 Å². The summed E-state index contributed by atoms with van der Waals surface area (Å²) in [6.07, 6.45) is 2.68. The van der Waals surface area contributed by atoms with Gasteiger partial charge in [-0.05, 0) is 41.6 Å². The van der Waals surface area contributed by atoms with Gasteiger partial charge in [0.15, 0.2) is 0 Å². The zero-order valence-corrected chi connectivity index (χ0v) is 12.2. The summed E-state index contributed by atoms with van der Waals surface area (Å²) in [4.78, 5) is 23.2. The number of carboxylic acid groups (broad SMARTS) is 1. The summed E-state index contributed by atoms with van der Waals surface area (Å²) in [5, 5.41) is 24.1. The molecule has 0 radical (unpaired) electrons. The van der Waals surface area contributed by atoms with E-state index in [1.807, 2.05) is 6.92 Å². The molecule has 0 saturated carbocycles. The third kappa shape index (κ3) is 4.09. The third-order valence-corrected chi connectivity index (χ3v) is 3.75. The average molecular weight is 309 g/mol. The van der Waals surface area contributed by atoms with Crippen LogP contribution in [0.4, 0.5) is 0 Å². The third-order valence-electron chi connectivity index (χ3n) is 2.85. The van der Waals surface area contributed by atoms with Gasteiger partial charge in [0.05, 0.1) is 5.69 Å². The Balaban J connectivity index is 1.95. The molecule has 0 aromatic carbocycles. The largest absolute Gasteiger partial charge is 0.481 e. The molecule has 112 valence electrons. The smallest absolute Gasteiger partial charge is 0.303 e. The number of carbonyl (C=O) groups is 2. The highest BCUT2D eigenvalue weighted by atomic mass is 32.1. The Kier molecular flexibility index (Phi) is 4.99. The van der Waals surface area contributed by atoms with Gasteiger partial charge in [-0.3, -0.25) is 9.59 Å². The van der Waals surface area contributed by atoms with Gasteiger partial charge in [0, 0.05) is 12.5 Å². The molecule has 1 unspecified atom stereocenters. The number of carboxylic acids is 1. The van der Waals surface area contributed by atoms with Crippen LogP contribution in [-0.2, 0) is 4.79 Å². The molecule has 0 spiro atoms. The van der Waals surface area contributed by atoms with E-state index in [1.165, 1.54) is 22.3 Å². The summed E-state index contributed by atoms with van der Waals surface area (Å²) < 4.78 is 1.43. The summed E-state index contributed by atoms with van der Waals surface area (Å²) in [6.45, 7) is 1.85. The topological polar surface area (TPSA) is 110 Å². The molecule has 1 atom stereocenters. The van der Waals surface area contributed by atoms with E-state index in [0.717, 1.165) is 0 Å². The molecule has 0 aliphatic rings. The van der Waals surface area contributed by atoms with Crippen molar-refractivity contribution in [3.63, 3.8) is 0 Å². The van der Waals surface area contributed by atoms with Gasteiger partial charge in [0.2, 0.25) is 0 Å². The van der Waals surface area contributed by atoms with Crippen LogP contribution < -0.4 is 5.32 Å². The Labute approximate surface area is 124 Å². The normalized spacial score (nSPS) is 12.0. The number of hydrogen-bond acceptors (Lipinski definition) is 6. The Morgan fingerprint density at radius 1 is 1.52 bits per heavy atom. The summed E-state index contributed by atoms with van der Waals surface area (Å²) in [5.41, 5.74) is 0.625. The fourth-order valence-corrected chi connectivity index (χ4v) is 2.63. The molecule has 2 N–H and O–H groups in total. The predicted octanol–water partition coefficient (Wildman–Crippen LogP) is 1.10. The van der Waals surface area contributed by atoms with Gasteiger partial charge in [-0.2, -0.15) is 4.68 Å². The van der Waals surface area contributed by atoms with Crippen molar-refractivity contribution in [2.75, 3.05) is 0 Å². The van der Waals surface area contributed by atoms with Crippen LogP contribution in [0.2, 0.25) is 0 Å². The number of hydrogen-bond donors (Lipinski definition) is 2. The molecule has 2 aromatic heterocycles. The first kappa shape index (κ1) is 15.1. The van der Waals surface area contributed by atoms with Gasteiger partial charge in [-0.15, -0.1) is 16.4 Å². The minimum absolute atomic E-state index is 0.0966. The Hall–Kier alpha value is -2.29. The fraction of sp³-hybridized carbons (Fsp3) is 0.417. The van der Waals surface area contributed by atoms with Crippen molar-refractivity contribution in [1.29, 1.82) is 0 Å². The summed E-state index contributed by atoms with van der Waals surface area (Å²) in [5.74, 6) is -1.04. The Morgan fingerprint density at radius 3 is 3.00 bits per heavy atom. The van der Waals surface area contributed by atoms with E-state index < -0.39 is 5.97 Å². The average Bonchev–Trinajstić information content (AvgIpc) is 3.09. The number of nitrogens with zero attached hydrogens (tertiary/aromatic N) is 4. The van der Waals surface area contributed by atoms with Crippen LogP contribution in [0.15, 0.2) is 17.8 Å². The number of aliphatic carboxylic acids is 1. The molecule has 9 heteroatoms. The molecule has 0 fully saturated rings. The van der Waals surface area contributed by atoms with E-state index in [0.29, 0.717) is 23.4 Å². The van der Waals surface area contributed by atoms with Crippen molar-refractivity contribution < 1.29 is 14.7 Å². The molecule has 21 heavy (non-hydrogen) atoms. The van der Waals surface area contributed by atoms with E-state index in [-0.39, 0.29) is 18.4 Å². The number of tetrazole rings is 1. The maximum Gasteiger partial charge on any atom is 0.303 e. The fourth-order valence-electron chi connectivity index (χ4n) is 1.85. The van der Waals surface area contributed by atoms with Crippen LogP contribution in [0.5, 0.6) is 0 Å². The van der Waals surface area contributed by atoms with Gasteiger partial charge >= 0.3 is 5.97 Å². The summed E-state index contributed by atoms with van der Waals surface area (Å²) in [7, 11) is 0. The van der Waals surface area contributed by atoms with Gasteiger partial charge in [0.1, 0.15) is 11.2 Å². The summed E-state index contributed by atoms with van der Waals surface area (Å²) >= 11 is 1.30. The van der Waals surface area contributed by atoms with Crippen molar-refractivity contribution in [2.45, 2.75) is 32.2 Å². The minimum atomic E-state index is -0.826. The lowest BCUT2D eigenvalue weighted by atomic mass is 10.1. The van der Waals surface area contributed by atoms with Crippen LogP contribution in [0.25, 0.3) is 5.69 Å². The molecule has 0 saturated heterocycles. The maximum atomic E-state index is 12.2. The van der Waals surface area contributed by atoms with Crippen LogP contribution in [0.1, 0.15) is 35.9 Å². The number of aromatic nitrogens is 4. The Morgan fingerprint density at radius 2 is 2.33 bits per heavy atom. The second kappa shape index (κ2) is 6.93. The molecule has 2 aromatic rings. The van der Waals surface area contributed by atoms with Crippen molar-refractivity contribution in [3.05, 3.63) is 22.7 Å². The van der Waals surface area contributed by atoms with Crippen molar-refractivity contribution in [3.8, 4) is 5.69 Å². The lowest BCUT2D eigenvalue weighted by molar-refractivity contribution is -0.137. The Bertz CT molecular complexity index is 610. The highest BCUT2D eigenvalue weighted by molar-refractivity contribution is 7.12. The van der Waals surface area contributed by atoms with E-state index in [4.69, 9.17) is 5.11 Å². The van der Waals surface area contributed by atoms with Crippen LogP contribution in [0, 0.1) is 0 Å². The van der Waals surface area contributed by atoms with Crippen LogP contribution >= 0.6 is 11.3 Å². The van der Waals surface area contributed by atoms with Gasteiger partial charge in [-0.25, -0.2) is 0 Å². The lowest BCUT2D eigenvalue weighted by Gasteiger charge is -2.13. The van der Waals surface area contributed by atoms with Crippen molar-refractivity contribution in [2.24, 2.45) is 0 Å². The first-order chi connectivity index (χ1) is 10.1. The molecular formula is C12H15N5O3S. The highest BCUT2D eigenvalue weighted by Gasteiger charge is 2.17. The van der Waals surface area contributed by atoms with Gasteiger partial charge in [-0.1, -0.05) is 0 Å². The first-order valence-corrected chi connectivity index (χ1v) is 7.29. The number of amides is 1. The monoisotopic (exact) mass is 309 g/mol. The van der Waals surface area contributed by atoms with Crippen LogP contribution in [0.3, 0.4) is 0 Å². The zero-order chi connectivity index (χ0) is 15.2. The minimum Gasteiger partial charge on any atom is -0.481 e. The van der Waals surface area contributed by atoms with E-state index >= 15 is 0 Å². The first-order valence-electron chi connectivity index (χ1n) is 6.41. The zero-order valence-electron chi connectivity index (χ0n) is 11.4. The predicted molar refractivity (Wildman–Crippen MR) is 75.4 cm³/mol. The number of nitrogens with one attached hydrogen (secondary N) is 1.